The monoisotopic (exact) mass is 281 g/mol. The first-order valence-corrected chi connectivity index (χ1v) is 7.15. The summed E-state index contributed by atoms with van der Waals surface area (Å²) in [6, 6.07) is 5.60. The molecule has 3 nitrogen and oxygen atoms in total. The SMILES string of the molecule is Cc1ccc(S)cc1C(=O)NCCCCOC(C)C. The van der Waals surface area contributed by atoms with Crippen LogP contribution in [0.4, 0.5) is 0 Å². The molecule has 1 amide bonds. The standard InChI is InChI=1S/C15H23NO2S/c1-11(2)18-9-5-4-8-16-15(17)14-10-13(19)7-6-12(14)3/h6-7,10-11,19H,4-5,8-9H2,1-3H3,(H,16,17). The average molecular weight is 281 g/mol. The molecule has 1 aromatic rings. The normalized spacial score (nSPS) is 10.8. The van der Waals surface area contributed by atoms with Gasteiger partial charge in [-0.2, -0.15) is 0 Å². The summed E-state index contributed by atoms with van der Waals surface area (Å²) >= 11 is 4.26. The lowest BCUT2D eigenvalue weighted by atomic mass is 10.1. The summed E-state index contributed by atoms with van der Waals surface area (Å²) in [4.78, 5) is 12.8. The van der Waals surface area contributed by atoms with Gasteiger partial charge in [-0.25, -0.2) is 0 Å². The zero-order valence-electron chi connectivity index (χ0n) is 11.9. The van der Waals surface area contributed by atoms with Crippen molar-refractivity contribution >= 4 is 18.5 Å². The van der Waals surface area contributed by atoms with Crippen molar-refractivity contribution in [3.63, 3.8) is 0 Å². The molecule has 0 aromatic heterocycles. The Kier molecular flexibility index (Phi) is 6.95. The Hall–Kier alpha value is -1.00. The molecule has 0 fully saturated rings. The van der Waals surface area contributed by atoms with Gasteiger partial charge in [0.05, 0.1) is 6.10 Å². The highest BCUT2D eigenvalue weighted by Crippen LogP contribution is 2.13. The molecule has 0 aliphatic rings. The molecular weight excluding hydrogens is 258 g/mol. The van der Waals surface area contributed by atoms with Crippen LogP contribution < -0.4 is 5.32 Å². The van der Waals surface area contributed by atoms with Crippen LogP contribution in [-0.4, -0.2) is 25.2 Å². The first kappa shape index (κ1) is 16.1. The van der Waals surface area contributed by atoms with Gasteiger partial charge in [-0.3, -0.25) is 4.79 Å². The molecule has 19 heavy (non-hydrogen) atoms. The third kappa shape index (κ3) is 6.12. The van der Waals surface area contributed by atoms with Gasteiger partial charge in [0.1, 0.15) is 0 Å². The third-order valence-corrected chi connectivity index (χ3v) is 3.05. The molecule has 0 aliphatic heterocycles. The van der Waals surface area contributed by atoms with E-state index in [0.717, 1.165) is 29.9 Å². The molecule has 1 rings (SSSR count). The molecule has 0 bridgehead atoms. The Morgan fingerprint density at radius 1 is 1.37 bits per heavy atom. The van der Waals surface area contributed by atoms with Crippen LogP contribution in [0.3, 0.4) is 0 Å². The lowest BCUT2D eigenvalue weighted by Crippen LogP contribution is -2.25. The van der Waals surface area contributed by atoms with Gasteiger partial charge in [-0.05, 0) is 51.3 Å². The second-order valence-corrected chi connectivity index (χ2v) is 5.40. The maximum Gasteiger partial charge on any atom is 0.251 e. The van der Waals surface area contributed by atoms with Gasteiger partial charge in [0.2, 0.25) is 0 Å². The van der Waals surface area contributed by atoms with Gasteiger partial charge in [0, 0.05) is 23.6 Å². The van der Waals surface area contributed by atoms with E-state index in [-0.39, 0.29) is 12.0 Å². The molecule has 0 atom stereocenters. The maximum atomic E-state index is 12.0. The quantitative estimate of drug-likeness (QED) is 0.595. The number of unbranched alkanes of at least 4 members (excludes halogenated alkanes) is 1. The van der Waals surface area contributed by atoms with Crippen molar-refractivity contribution in [1.82, 2.24) is 5.32 Å². The van der Waals surface area contributed by atoms with Gasteiger partial charge >= 0.3 is 0 Å². The number of aryl methyl sites for hydroxylation is 1. The summed E-state index contributed by atoms with van der Waals surface area (Å²) in [5, 5.41) is 2.93. The molecule has 0 radical (unpaired) electrons. The second kappa shape index (κ2) is 8.23. The van der Waals surface area contributed by atoms with Crippen molar-refractivity contribution in [2.24, 2.45) is 0 Å². The van der Waals surface area contributed by atoms with Gasteiger partial charge in [0.15, 0.2) is 0 Å². The Morgan fingerprint density at radius 3 is 2.79 bits per heavy atom. The minimum Gasteiger partial charge on any atom is -0.379 e. The van der Waals surface area contributed by atoms with Crippen molar-refractivity contribution in [2.75, 3.05) is 13.2 Å². The van der Waals surface area contributed by atoms with E-state index in [1.807, 2.05) is 32.9 Å². The van der Waals surface area contributed by atoms with Crippen molar-refractivity contribution in [2.45, 2.75) is 44.6 Å². The summed E-state index contributed by atoms with van der Waals surface area (Å²) < 4.78 is 5.45. The first-order valence-electron chi connectivity index (χ1n) is 6.70. The molecule has 0 saturated heterocycles. The molecule has 0 aliphatic carbocycles. The number of rotatable bonds is 7. The zero-order chi connectivity index (χ0) is 14.3. The summed E-state index contributed by atoms with van der Waals surface area (Å²) in [5.74, 6) is -0.0295. The van der Waals surface area contributed by atoms with Gasteiger partial charge in [0.25, 0.3) is 5.91 Å². The minimum atomic E-state index is -0.0295. The van der Waals surface area contributed by atoms with Gasteiger partial charge in [-0.15, -0.1) is 12.6 Å². The van der Waals surface area contributed by atoms with E-state index in [1.165, 1.54) is 0 Å². The summed E-state index contributed by atoms with van der Waals surface area (Å²) in [5.41, 5.74) is 1.67. The molecule has 106 valence electrons. The maximum absolute atomic E-state index is 12.0. The number of hydrogen-bond donors (Lipinski definition) is 2. The van der Waals surface area contributed by atoms with Crippen LogP contribution in [0.2, 0.25) is 0 Å². The van der Waals surface area contributed by atoms with Crippen LogP contribution in [0.25, 0.3) is 0 Å². The number of amides is 1. The number of carbonyl (C=O) groups excluding carboxylic acids is 1. The summed E-state index contributed by atoms with van der Waals surface area (Å²) in [6.07, 6.45) is 2.16. The van der Waals surface area contributed by atoms with Crippen LogP contribution >= 0.6 is 12.6 Å². The zero-order valence-corrected chi connectivity index (χ0v) is 12.8. The lowest BCUT2D eigenvalue weighted by Gasteiger charge is -2.09. The molecular formula is C15H23NO2S. The Bertz CT molecular complexity index is 419. The van der Waals surface area contributed by atoms with Gasteiger partial charge in [-0.1, -0.05) is 6.07 Å². The van der Waals surface area contributed by atoms with Crippen LogP contribution in [-0.2, 0) is 4.74 Å². The Balaban J connectivity index is 2.29. The largest absolute Gasteiger partial charge is 0.379 e. The fourth-order valence-corrected chi connectivity index (χ4v) is 1.90. The molecule has 0 heterocycles. The van der Waals surface area contributed by atoms with Crippen LogP contribution in [0.1, 0.15) is 42.6 Å². The highest BCUT2D eigenvalue weighted by molar-refractivity contribution is 7.80. The van der Waals surface area contributed by atoms with E-state index in [1.54, 1.807) is 6.07 Å². The minimum absolute atomic E-state index is 0.0295. The fourth-order valence-electron chi connectivity index (χ4n) is 1.70. The number of ether oxygens (including phenoxy) is 1. The van der Waals surface area contributed by atoms with Gasteiger partial charge < -0.3 is 10.1 Å². The van der Waals surface area contributed by atoms with Crippen LogP contribution in [0, 0.1) is 6.92 Å². The number of carbonyl (C=O) groups is 1. The predicted molar refractivity (Wildman–Crippen MR) is 81.1 cm³/mol. The number of nitrogens with one attached hydrogen (secondary N) is 1. The van der Waals surface area contributed by atoms with Crippen molar-refractivity contribution < 1.29 is 9.53 Å². The van der Waals surface area contributed by atoms with E-state index in [4.69, 9.17) is 4.74 Å². The third-order valence-electron chi connectivity index (χ3n) is 2.77. The highest BCUT2D eigenvalue weighted by Gasteiger charge is 2.08. The molecule has 0 saturated carbocycles. The Labute approximate surface area is 121 Å². The van der Waals surface area contributed by atoms with Crippen molar-refractivity contribution in [1.29, 1.82) is 0 Å². The molecule has 0 unspecified atom stereocenters. The predicted octanol–water partition coefficient (Wildman–Crippen LogP) is 3.22. The molecule has 4 heteroatoms. The van der Waals surface area contributed by atoms with Crippen LogP contribution in [0.5, 0.6) is 0 Å². The number of hydrogen-bond acceptors (Lipinski definition) is 3. The van der Waals surface area contributed by atoms with E-state index in [0.29, 0.717) is 12.1 Å². The first-order chi connectivity index (χ1) is 9.00. The average Bonchev–Trinajstić information content (AvgIpc) is 2.36. The topological polar surface area (TPSA) is 38.3 Å². The van der Waals surface area contributed by atoms with E-state index in [2.05, 4.69) is 17.9 Å². The lowest BCUT2D eigenvalue weighted by molar-refractivity contribution is 0.0754. The summed E-state index contributed by atoms with van der Waals surface area (Å²) in [6.45, 7) is 7.40. The van der Waals surface area contributed by atoms with Crippen molar-refractivity contribution in [3.05, 3.63) is 29.3 Å². The second-order valence-electron chi connectivity index (χ2n) is 4.88. The number of thiol groups is 1. The van der Waals surface area contributed by atoms with E-state index < -0.39 is 0 Å². The van der Waals surface area contributed by atoms with Crippen LogP contribution in [0.15, 0.2) is 23.1 Å². The smallest absolute Gasteiger partial charge is 0.251 e. The fraction of sp³-hybridized carbons (Fsp3) is 0.533. The molecule has 0 spiro atoms. The molecule has 1 aromatic carbocycles. The number of benzene rings is 1. The van der Waals surface area contributed by atoms with E-state index >= 15 is 0 Å². The Morgan fingerprint density at radius 2 is 2.11 bits per heavy atom. The highest BCUT2D eigenvalue weighted by atomic mass is 32.1. The summed E-state index contributed by atoms with van der Waals surface area (Å²) in [7, 11) is 0. The van der Waals surface area contributed by atoms with E-state index in [9.17, 15) is 4.79 Å². The van der Waals surface area contributed by atoms with Crippen molar-refractivity contribution in [3.8, 4) is 0 Å². The molecule has 1 N–H and O–H groups in total.